The second-order valence-electron chi connectivity index (χ2n) is 3.74. The number of hydrogen-bond donors (Lipinski definition) is 1. The van der Waals surface area contributed by atoms with E-state index in [-0.39, 0.29) is 0 Å². The maximum atomic E-state index is 5.47. The van der Waals surface area contributed by atoms with Crippen molar-refractivity contribution in [2.45, 2.75) is 24.9 Å². The summed E-state index contributed by atoms with van der Waals surface area (Å²) in [5, 5.41) is 3.32. The van der Waals surface area contributed by atoms with Crippen molar-refractivity contribution in [1.82, 2.24) is 10.2 Å². The molecule has 3 nitrogen and oxygen atoms in total. The Labute approximate surface area is 74.1 Å². The van der Waals surface area contributed by atoms with Gasteiger partial charge in [-0.05, 0) is 33.0 Å². The normalized spacial score (nSPS) is 37.8. The molecule has 2 aliphatic heterocycles. The molecule has 0 bridgehead atoms. The Morgan fingerprint density at radius 3 is 2.67 bits per heavy atom. The third kappa shape index (κ3) is 1.49. The number of hydrogen-bond acceptors (Lipinski definition) is 3. The van der Waals surface area contributed by atoms with Crippen LogP contribution in [0.3, 0.4) is 0 Å². The minimum absolute atomic E-state index is 0.558. The van der Waals surface area contributed by atoms with Crippen molar-refractivity contribution in [2.24, 2.45) is 0 Å². The number of nitrogens with zero attached hydrogens (tertiary/aromatic N) is 1. The molecule has 2 rings (SSSR count). The summed E-state index contributed by atoms with van der Waals surface area (Å²) in [6.07, 6.45) is 2.74. The summed E-state index contributed by atoms with van der Waals surface area (Å²) in [5.74, 6) is 0. The van der Waals surface area contributed by atoms with Gasteiger partial charge in [0.1, 0.15) is 0 Å². The van der Waals surface area contributed by atoms with Gasteiger partial charge >= 0.3 is 0 Å². The summed E-state index contributed by atoms with van der Waals surface area (Å²) in [4.78, 5) is 2.56. The first-order chi connectivity index (χ1) is 5.92. The highest BCUT2D eigenvalue weighted by Crippen LogP contribution is 2.18. The number of ether oxygens (including phenoxy) is 1. The topological polar surface area (TPSA) is 24.5 Å². The summed E-state index contributed by atoms with van der Waals surface area (Å²) in [6.45, 7) is 4.35. The highest BCUT2D eigenvalue weighted by molar-refractivity contribution is 4.89. The lowest BCUT2D eigenvalue weighted by atomic mass is 10.1. The van der Waals surface area contributed by atoms with Crippen LogP contribution in [0.25, 0.3) is 0 Å². The average Bonchev–Trinajstić information content (AvgIpc) is 2.74. The first-order valence-corrected chi connectivity index (χ1v) is 4.91. The van der Waals surface area contributed by atoms with Crippen LogP contribution in [0, 0.1) is 0 Å². The van der Waals surface area contributed by atoms with Gasteiger partial charge in [0.25, 0.3) is 0 Å². The lowest BCUT2D eigenvalue weighted by Crippen LogP contribution is -2.47. The largest absolute Gasteiger partial charge is 0.378 e. The van der Waals surface area contributed by atoms with E-state index >= 15 is 0 Å². The molecule has 0 aromatic carbocycles. The Bertz CT molecular complexity index is 145. The van der Waals surface area contributed by atoms with Crippen molar-refractivity contribution < 1.29 is 4.74 Å². The maximum absolute atomic E-state index is 5.47. The van der Waals surface area contributed by atoms with Gasteiger partial charge in [-0.1, -0.05) is 0 Å². The Hall–Kier alpha value is -0.120. The zero-order valence-corrected chi connectivity index (χ0v) is 7.75. The molecule has 0 radical (unpaired) electrons. The van der Waals surface area contributed by atoms with E-state index < -0.39 is 0 Å². The summed E-state index contributed by atoms with van der Waals surface area (Å²) in [6, 6.07) is 1.19. The summed E-state index contributed by atoms with van der Waals surface area (Å²) in [7, 11) is 2.03. The fourth-order valence-corrected chi connectivity index (χ4v) is 2.25. The average molecular weight is 170 g/mol. The van der Waals surface area contributed by atoms with E-state index in [1.54, 1.807) is 0 Å². The molecule has 2 atom stereocenters. The standard InChI is InChI=1S/C9H18N2O/c1-10-8-6-12-7-9(8)11-4-2-3-5-11/h8-10H,2-7H2,1H3/t8-,9-/m1/s1. The molecular weight excluding hydrogens is 152 g/mol. The third-order valence-corrected chi connectivity index (χ3v) is 3.03. The van der Waals surface area contributed by atoms with Crippen LogP contribution in [0.5, 0.6) is 0 Å². The molecule has 0 saturated carbocycles. The molecule has 2 saturated heterocycles. The van der Waals surface area contributed by atoms with Crippen molar-refractivity contribution in [1.29, 1.82) is 0 Å². The van der Waals surface area contributed by atoms with Crippen molar-refractivity contribution in [3.63, 3.8) is 0 Å². The van der Waals surface area contributed by atoms with Crippen molar-refractivity contribution >= 4 is 0 Å². The van der Waals surface area contributed by atoms with E-state index in [9.17, 15) is 0 Å². The van der Waals surface area contributed by atoms with Crippen LogP contribution in [0.4, 0.5) is 0 Å². The van der Waals surface area contributed by atoms with Crippen molar-refractivity contribution in [3.8, 4) is 0 Å². The van der Waals surface area contributed by atoms with Crippen LogP contribution in [-0.4, -0.2) is 50.3 Å². The van der Waals surface area contributed by atoms with Crippen LogP contribution < -0.4 is 5.32 Å². The van der Waals surface area contributed by atoms with Crippen molar-refractivity contribution in [3.05, 3.63) is 0 Å². The van der Waals surface area contributed by atoms with Crippen LogP contribution in [0.2, 0.25) is 0 Å². The van der Waals surface area contributed by atoms with E-state index in [0.29, 0.717) is 12.1 Å². The second kappa shape index (κ2) is 3.73. The number of nitrogens with one attached hydrogen (secondary N) is 1. The molecule has 0 aliphatic carbocycles. The van der Waals surface area contributed by atoms with E-state index in [2.05, 4.69) is 10.2 Å². The molecule has 70 valence electrons. The molecule has 2 fully saturated rings. The van der Waals surface area contributed by atoms with Gasteiger partial charge in [-0.3, -0.25) is 4.90 Å². The number of rotatable bonds is 2. The lowest BCUT2D eigenvalue weighted by Gasteiger charge is -2.26. The predicted octanol–water partition coefficient (Wildman–Crippen LogP) is 0.0690. The van der Waals surface area contributed by atoms with Crippen LogP contribution in [-0.2, 0) is 4.74 Å². The molecule has 0 unspecified atom stereocenters. The van der Waals surface area contributed by atoms with Gasteiger partial charge in [0.15, 0.2) is 0 Å². The summed E-state index contributed by atoms with van der Waals surface area (Å²) < 4.78 is 5.47. The zero-order chi connectivity index (χ0) is 8.39. The Morgan fingerprint density at radius 1 is 1.25 bits per heavy atom. The number of likely N-dealkylation sites (tertiary alicyclic amines) is 1. The van der Waals surface area contributed by atoms with Crippen LogP contribution >= 0.6 is 0 Å². The van der Waals surface area contributed by atoms with Gasteiger partial charge in [-0.2, -0.15) is 0 Å². The zero-order valence-electron chi connectivity index (χ0n) is 7.75. The lowest BCUT2D eigenvalue weighted by molar-refractivity contribution is 0.159. The summed E-state index contributed by atoms with van der Waals surface area (Å²) >= 11 is 0. The molecule has 0 aromatic heterocycles. The van der Waals surface area contributed by atoms with Gasteiger partial charge in [0, 0.05) is 6.04 Å². The van der Waals surface area contributed by atoms with Gasteiger partial charge < -0.3 is 10.1 Å². The molecule has 3 heteroatoms. The van der Waals surface area contributed by atoms with E-state index in [1.807, 2.05) is 7.05 Å². The highest BCUT2D eigenvalue weighted by Gasteiger charge is 2.32. The SMILES string of the molecule is CN[C@@H]1COC[C@H]1N1CCCC1. The fourth-order valence-electron chi connectivity index (χ4n) is 2.25. The molecule has 1 N–H and O–H groups in total. The van der Waals surface area contributed by atoms with Gasteiger partial charge in [0.05, 0.1) is 19.3 Å². The second-order valence-corrected chi connectivity index (χ2v) is 3.74. The monoisotopic (exact) mass is 170 g/mol. The highest BCUT2D eigenvalue weighted by atomic mass is 16.5. The Balaban J connectivity index is 1.92. The van der Waals surface area contributed by atoms with Gasteiger partial charge in [-0.25, -0.2) is 0 Å². The molecule has 12 heavy (non-hydrogen) atoms. The Kier molecular flexibility index (Phi) is 2.63. The van der Waals surface area contributed by atoms with E-state index in [0.717, 1.165) is 13.2 Å². The molecule has 0 amide bonds. The minimum atomic E-state index is 0.558. The molecule has 2 heterocycles. The minimum Gasteiger partial charge on any atom is -0.378 e. The van der Waals surface area contributed by atoms with E-state index in [1.165, 1.54) is 25.9 Å². The van der Waals surface area contributed by atoms with Gasteiger partial charge in [0.2, 0.25) is 0 Å². The third-order valence-electron chi connectivity index (χ3n) is 3.03. The molecule has 0 aromatic rings. The number of likely N-dealkylation sites (N-methyl/N-ethyl adjacent to an activating group) is 1. The Morgan fingerprint density at radius 2 is 2.00 bits per heavy atom. The molecule has 0 spiro atoms. The maximum Gasteiger partial charge on any atom is 0.0638 e. The summed E-state index contributed by atoms with van der Waals surface area (Å²) in [5.41, 5.74) is 0. The fraction of sp³-hybridized carbons (Fsp3) is 1.00. The predicted molar refractivity (Wildman–Crippen MR) is 48.3 cm³/mol. The smallest absolute Gasteiger partial charge is 0.0638 e. The quantitative estimate of drug-likeness (QED) is 0.634. The first kappa shape index (κ1) is 8.48. The van der Waals surface area contributed by atoms with Crippen LogP contribution in [0.1, 0.15) is 12.8 Å². The molecular formula is C9H18N2O. The van der Waals surface area contributed by atoms with Crippen molar-refractivity contribution in [2.75, 3.05) is 33.4 Å². The first-order valence-electron chi connectivity index (χ1n) is 4.91. The molecule has 2 aliphatic rings. The van der Waals surface area contributed by atoms with E-state index in [4.69, 9.17) is 4.74 Å². The van der Waals surface area contributed by atoms with Gasteiger partial charge in [-0.15, -0.1) is 0 Å². The van der Waals surface area contributed by atoms with Crippen LogP contribution in [0.15, 0.2) is 0 Å².